The van der Waals surface area contributed by atoms with Crippen LogP contribution in [0.3, 0.4) is 0 Å². The van der Waals surface area contributed by atoms with E-state index < -0.39 is 0 Å². The highest BCUT2D eigenvalue weighted by Crippen LogP contribution is 2.13. The molecule has 22 heavy (non-hydrogen) atoms. The van der Waals surface area contributed by atoms with Crippen molar-refractivity contribution < 1.29 is 0 Å². The lowest BCUT2D eigenvalue weighted by Gasteiger charge is -2.04. The molecule has 0 heterocycles. The van der Waals surface area contributed by atoms with E-state index in [1.165, 1.54) is 103 Å². The summed E-state index contributed by atoms with van der Waals surface area (Å²) in [4.78, 5) is 0. The number of hydrogen-bond acceptors (Lipinski definition) is 1. The molecule has 0 spiro atoms. The van der Waals surface area contributed by atoms with E-state index in [1.807, 2.05) is 0 Å². The largest absolute Gasteiger partial charge is 0.306 e. The van der Waals surface area contributed by atoms with E-state index in [4.69, 9.17) is 6.42 Å². The van der Waals surface area contributed by atoms with Crippen LogP contribution in [0.1, 0.15) is 110 Å². The predicted molar refractivity (Wildman–Crippen MR) is 101 cm³/mol. The molecule has 1 heteroatoms. The van der Waals surface area contributed by atoms with Crippen molar-refractivity contribution in [3.05, 3.63) is 0 Å². The van der Waals surface area contributed by atoms with Crippen LogP contribution in [0.5, 0.6) is 0 Å². The molecule has 0 atom stereocenters. The highest BCUT2D eigenvalue weighted by atomic mass is 14.8. The maximum Gasteiger partial charge on any atom is 0.0573 e. The van der Waals surface area contributed by atoms with Gasteiger partial charge in [0.1, 0.15) is 0 Å². The quantitative estimate of drug-likeness (QED) is 0.226. The van der Waals surface area contributed by atoms with Crippen molar-refractivity contribution in [2.75, 3.05) is 13.1 Å². The number of unbranched alkanes of at least 4 members (excludes halogenated alkanes) is 15. The Balaban J connectivity index is 2.93. The molecular weight excluding hydrogens is 266 g/mol. The Morgan fingerprint density at radius 2 is 0.955 bits per heavy atom. The lowest BCUT2D eigenvalue weighted by atomic mass is 10.0. The first kappa shape index (κ1) is 21.5. The van der Waals surface area contributed by atoms with Crippen LogP contribution in [0.4, 0.5) is 0 Å². The third-order valence-electron chi connectivity index (χ3n) is 4.43. The molecule has 0 aliphatic heterocycles. The molecule has 0 amide bonds. The van der Waals surface area contributed by atoms with Gasteiger partial charge in [0.25, 0.3) is 0 Å². The molecule has 0 unspecified atom stereocenters. The minimum Gasteiger partial charge on any atom is -0.306 e. The van der Waals surface area contributed by atoms with Crippen molar-refractivity contribution in [2.45, 2.75) is 110 Å². The first-order valence-corrected chi connectivity index (χ1v) is 10.1. The fraction of sp³-hybridized carbons (Fsp3) is 0.905. The Morgan fingerprint density at radius 3 is 1.32 bits per heavy atom. The average Bonchev–Trinajstić information content (AvgIpc) is 2.54. The summed E-state index contributed by atoms with van der Waals surface area (Å²) >= 11 is 0. The van der Waals surface area contributed by atoms with Gasteiger partial charge in [0.2, 0.25) is 0 Å². The Morgan fingerprint density at radius 1 is 0.591 bits per heavy atom. The van der Waals surface area contributed by atoms with Crippen molar-refractivity contribution >= 4 is 0 Å². The Kier molecular flexibility index (Phi) is 20.1. The third kappa shape index (κ3) is 19.5. The van der Waals surface area contributed by atoms with Crippen LogP contribution in [0.15, 0.2) is 0 Å². The van der Waals surface area contributed by atoms with Crippen molar-refractivity contribution in [1.29, 1.82) is 0 Å². The molecule has 1 nitrogen and oxygen atoms in total. The minimum atomic E-state index is 0.721. The van der Waals surface area contributed by atoms with Gasteiger partial charge in [0, 0.05) is 0 Å². The summed E-state index contributed by atoms with van der Waals surface area (Å²) in [7, 11) is 0. The smallest absolute Gasteiger partial charge is 0.0573 e. The topological polar surface area (TPSA) is 12.0 Å². The van der Waals surface area contributed by atoms with Gasteiger partial charge >= 0.3 is 0 Å². The van der Waals surface area contributed by atoms with E-state index in [9.17, 15) is 0 Å². The van der Waals surface area contributed by atoms with Gasteiger partial charge in [-0.05, 0) is 13.0 Å². The molecule has 0 rings (SSSR count). The molecule has 1 N–H and O–H groups in total. The molecule has 130 valence electrons. The molecule has 0 aromatic rings. The van der Waals surface area contributed by atoms with Crippen LogP contribution in [0.25, 0.3) is 0 Å². The van der Waals surface area contributed by atoms with Gasteiger partial charge in [-0.1, -0.05) is 109 Å². The van der Waals surface area contributed by atoms with Crippen LogP contribution in [-0.4, -0.2) is 13.1 Å². The molecule has 0 fully saturated rings. The van der Waals surface area contributed by atoms with Gasteiger partial charge in [-0.2, -0.15) is 0 Å². The molecule has 0 radical (unpaired) electrons. The number of nitrogens with one attached hydrogen (secondary N) is 1. The van der Waals surface area contributed by atoms with Gasteiger partial charge in [0.05, 0.1) is 6.54 Å². The van der Waals surface area contributed by atoms with Crippen LogP contribution >= 0.6 is 0 Å². The van der Waals surface area contributed by atoms with E-state index in [-0.39, 0.29) is 0 Å². The van der Waals surface area contributed by atoms with E-state index in [0.29, 0.717) is 0 Å². The summed E-state index contributed by atoms with van der Waals surface area (Å²) in [6.07, 6.45) is 28.0. The third-order valence-corrected chi connectivity index (χ3v) is 4.43. The Hall–Kier alpha value is -0.480. The molecule has 0 aromatic carbocycles. The summed E-state index contributed by atoms with van der Waals surface area (Å²) < 4.78 is 0. The first-order valence-electron chi connectivity index (χ1n) is 10.1. The lowest BCUT2D eigenvalue weighted by molar-refractivity contribution is 0.527. The highest BCUT2D eigenvalue weighted by molar-refractivity contribution is 4.86. The van der Waals surface area contributed by atoms with E-state index in [0.717, 1.165) is 13.1 Å². The number of rotatable bonds is 18. The second kappa shape index (κ2) is 20.5. The Labute approximate surface area is 141 Å². The zero-order chi connectivity index (χ0) is 16.1. The van der Waals surface area contributed by atoms with Crippen molar-refractivity contribution in [1.82, 2.24) is 5.32 Å². The van der Waals surface area contributed by atoms with E-state index in [1.54, 1.807) is 0 Å². The van der Waals surface area contributed by atoms with Crippen molar-refractivity contribution in [3.8, 4) is 12.3 Å². The minimum absolute atomic E-state index is 0.721. The highest BCUT2D eigenvalue weighted by Gasteiger charge is 1.94. The molecule has 0 saturated heterocycles. The normalized spacial score (nSPS) is 10.7. The van der Waals surface area contributed by atoms with Crippen molar-refractivity contribution in [2.24, 2.45) is 0 Å². The first-order chi connectivity index (χ1) is 10.9. The Bertz CT molecular complexity index is 229. The van der Waals surface area contributed by atoms with Gasteiger partial charge < -0.3 is 5.32 Å². The maximum atomic E-state index is 5.19. The number of hydrogen-bond donors (Lipinski definition) is 1. The second-order valence-corrected chi connectivity index (χ2v) is 6.68. The SMILES string of the molecule is C#CCNCCCCCCCCCCCCCCCCCC. The zero-order valence-electron chi connectivity index (χ0n) is 15.3. The standard InChI is InChI=1S/C21H41N/c1-3-5-6-7-8-9-10-11-12-13-14-15-16-17-18-19-21-22-20-4-2/h2,22H,3,5-21H2,1H3. The van der Waals surface area contributed by atoms with E-state index >= 15 is 0 Å². The van der Waals surface area contributed by atoms with Gasteiger partial charge in [-0.3, -0.25) is 0 Å². The predicted octanol–water partition coefficient (Wildman–Crippen LogP) is 6.47. The summed E-state index contributed by atoms with van der Waals surface area (Å²) in [6, 6.07) is 0. The summed E-state index contributed by atoms with van der Waals surface area (Å²) in [5.74, 6) is 2.61. The van der Waals surface area contributed by atoms with Crippen molar-refractivity contribution in [3.63, 3.8) is 0 Å². The zero-order valence-corrected chi connectivity index (χ0v) is 15.3. The maximum absolute atomic E-state index is 5.19. The van der Waals surface area contributed by atoms with Crippen LogP contribution in [0, 0.1) is 12.3 Å². The van der Waals surface area contributed by atoms with Crippen LogP contribution in [0.2, 0.25) is 0 Å². The monoisotopic (exact) mass is 307 g/mol. The summed E-state index contributed by atoms with van der Waals surface area (Å²) in [5, 5.41) is 3.25. The van der Waals surface area contributed by atoms with E-state index in [2.05, 4.69) is 18.2 Å². The molecule has 0 bridgehead atoms. The van der Waals surface area contributed by atoms with Gasteiger partial charge in [-0.25, -0.2) is 0 Å². The molecule has 0 aliphatic rings. The van der Waals surface area contributed by atoms with Crippen LogP contribution < -0.4 is 5.32 Å². The lowest BCUT2D eigenvalue weighted by Crippen LogP contribution is -2.14. The summed E-state index contributed by atoms with van der Waals surface area (Å²) in [6.45, 7) is 4.10. The fourth-order valence-corrected chi connectivity index (χ4v) is 2.96. The molecular formula is C21H41N. The van der Waals surface area contributed by atoms with Gasteiger partial charge in [0.15, 0.2) is 0 Å². The fourth-order valence-electron chi connectivity index (χ4n) is 2.96. The molecule has 0 aliphatic carbocycles. The number of terminal acetylenes is 1. The summed E-state index contributed by atoms with van der Waals surface area (Å²) in [5.41, 5.74) is 0. The molecule has 0 aromatic heterocycles. The molecule has 0 saturated carbocycles. The van der Waals surface area contributed by atoms with Crippen LogP contribution in [-0.2, 0) is 0 Å². The average molecular weight is 308 g/mol. The second-order valence-electron chi connectivity index (χ2n) is 6.68. The van der Waals surface area contributed by atoms with Gasteiger partial charge in [-0.15, -0.1) is 6.42 Å².